The molecule has 0 radical (unpaired) electrons. The summed E-state index contributed by atoms with van der Waals surface area (Å²) in [5.41, 5.74) is 1.87. The van der Waals surface area contributed by atoms with E-state index in [0.29, 0.717) is 18.5 Å². The molecule has 1 aromatic carbocycles. The Morgan fingerprint density at radius 3 is 2.90 bits per heavy atom. The van der Waals surface area contributed by atoms with E-state index in [4.69, 9.17) is 0 Å². The summed E-state index contributed by atoms with van der Waals surface area (Å²) in [5, 5.41) is 3.96. The van der Waals surface area contributed by atoms with Crippen molar-refractivity contribution in [1.82, 2.24) is 19.9 Å². The first kappa shape index (κ1) is 13.5. The van der Waals surface area contributed by atoms with Crippen molar-refractivity contribution in [3.05, 3.63) is 71.0 Å². The molecular weight excluding hydrogens is 264 g/mol. The molecular formula is C16H16N4O. The molecule has 0 fully saturated rings. The van der Waals surface area contributed by atoms with E-state index >= 15 is 0 Å². The fourth-order valence-electron chi connectivity index (χ4n) is 2.20. The van der Waals surface area contributed by atoms with E-state index in [9.17, 15) is 4.79 Å². The zero-order valence-corrected chi connectivity index (χ0v) is 11.6. The van der Waals surface area contributed by atoms with Crippen LogP contribution in [0.15, 0.2) is 59.9 Å². The molecule has 0 saturated carbocycles. The lowest BCUT2D eigenvalue weighted by atomic mass is 10.2. The molecule has 0 saturated heterocycles. The fraction of sp³-hybridized carbons (Fsp3) is 0.188. The predicted molar refractivity (Wildman–Crippen MR) is 81.9 cm³/mol. The first-order valence-electron chi connectivity index (χ1n) is 6.88. The largest absolute Gasteiger partial charge is 0.311 e. The van der Waals surface area contributed by atoms with Crippen molar-refractivity contribution < 1.29 is 0 Å². The molecule has 0 atom stereocenters. The van der Waals surface area contributed by atoms with Crippen molar-refractivity contribution in [2.24, 2.45) is 0 Å². The number of rotatable bonds is 5. The van der Waals surface area contributed by atoms with Gasteiger partial charge in [-0.05, 0) is 23.8 Å². The molecule has 0 amide bonds. The summed E-state index contributed by atoms with van der Waals surface area (Å²) in [6.45, 7) is 2.04. The predicted octanol–water partition coefficient (Wildman–Crippen LogP) is 1.58. The van der Waals surface area contributed by atoms with Crippen molar-refractivity contribution in [1.29, 1.82) is 0 Å². The maximum atomic E-state index is 12.3. The van der Waals surface area contributed by atoms with Crippen molar-refractivity contribution in [3.8, 4) is 0 Å². The normalized spacial score (nSPS) is 10.9. The quantitative estimate of drug-likeness (QED) is 0.721. The zero-order chi connectivity index (χ0) is 14.5. The molecule has 3 aromatic rings. The fourth-order valence-corrected chi connectivity index (χ4v) is 2.20. The van der Waals surface area contributed by atoms with Gasteiger partial charge in [-0.25, -0.2) is 4.98 Å². The second kappa shape index (κ2) is 6.28. The Balaban J connectivity index is 1.63. The van der Waals surface area contributed by atoms with Gasteiger partial charge in [-0.2, -0.15) is 0 Å². The molecule has 0 spiro atoms. The molecule has 0 aliphatic carbocycles. The summed E-state index contributed by atoms with van der Waals surface area (Å²) in [6, 6.07) is 11.3. The van der Waals surface area contributed by atoms with Gasteiger partial charge < -0.3 is 5.32 Å². The highest BCUT2D eigenvalue weighted by atomic mass is 16.1. The Bertz CT molecular complexity index is 783. The maximum absolute atomic E-state index is 12.3. The van der Waals surface area contributed by atoms with Gasteiger partial charge in [0.1, 0.15) is 0 Å². The van der Waals surface area contributed by atoms with Crippen LogP contribution in [0, 0.1) is 0 Å². The van der Waals surface area contributed by atoms with Crippen LogP contribution in [-0.4, -0.2) is 21.1 Å². The lowest BCUT2D eigenvalue weighted by molar-refractivity contribution is 0.581. The number of hydrogen-bond donors (Lipinski definition) is 1. The third-order valence-corrected chi connectivity index (χ3v) is 3.31. The highest BCUT2D eigenvalue weighted by Gasteiger charge is 2.02. The standard InChI is InChI=1S/C16H16N4O/c21-16-14-5-1-2-6-15(14)19-12-20(16)9-8-18-11-13-4-3-7-17-10-13/h1-7,10,12,18H,8-9,11H2. The Labute approximate surface area is 122 Å². The Morgan fingerprint density at radius 2 is 2.05 bits per heavy atom. The van der Waals surface area contributed by atoms with Crippen molar-refractivity contribution in [2.45, 2.75) is 13.1 Å². The topological polar surface area (TPSA) is 59.8 Å². The molecule has 1 N–H and O–H groups in total. The first-order valence-corrected chi connectivity index (χ1v) is 6.88. The maximum Gasteiger partial charge on any atom is 0.261 e. The highest BCUT2D eigenvalue weighted by molar-refractivity contribution is 5.76. The van der Waals surface area contributed by atoms with Gasteiger partial charge in [0.05, 0.1) is 17.2 Å². The summed E-state index contributed by atoms with van der Waals surface area (Å²) in [4.78, 5) is 20.6. The molecule has 0 bridgehead atoms. The molecule has 2 heterocycles. The van der Waals surface area contributed by atoms with Gasteiger partial charge in [0, 0.05) is 32.0 Å². The summed E-state index contributed by atoms with van der Waals surface area (Å²) < 4.78 is 1.64. The number of para-hydroxylation sites is 1. The molecule has 106 valence electrons. The van der Waals surface area contributed by atoms with Gasteiger partial charge in [0.15, 0.2) is 0 Å². The van der Waals surface area contributed by atoms with E-state index in [1.165, 1.54) is 0 Å². The second-order valence-electron chi connectivity index (χ2n) is 4.80. The molecule has 3 rings (SSSR count). The van der Waals surface area contributed by atoms with Crippen molar-refractivity contribution in [2.75, 3.05) is 6.54 Å². The summed E-state index contributed by atoms with van der Waals surface area (Å²) in [7, 11) is 0. The molecule has 0 aliphatic heterocycles. The summed E-state index contributed by atoms with van der Waals surface area (Å²) in [5.74, 6) is 0. The molecule has 0 unspecified atom stereocenters. The van der Waals surface area contributed by atoms with Gasteiger partial charge in [0.2, 0.25) is 0 Å². The summed E-state index contributed by atoms with van der Waals surface area (Å²) >= 11 is 0. The number of nitrogens with one attached hydrogen (secondary N) is 1. The molecule has 21 heavy (non-hydrogen) atoms. The highest BCUT2D eigenvalue weighted by Crippen LogP contribution is 2.04. The smallest absolute Gasteiger partial charge is 0.261 e. The molecule has 5 heteroatoms. The van der Waals surface area contributed by atoms with Gasteiger partial charge >= 0.3 is 0 Å². The Hall–Kier alpha value is -2.53. The minimum absolute atomic E-state index is 0.00350. The van der Waals surface area contributed by atoms with Gasteiger partial charge in [-0.3, -0.25) is 14.3 Å². The van der Waals surface area contributed by atoms with E-state index in [0.717, 1.165) is 17.6 Å². The third kappa shape index (κ3) is 3.14. The van der Waals surface area contributed by atoms with E-state index in [-0.39, 0.29) is 5.56 Å². The molecule has 2 aromatic heterocycles. The van der Waals surface area contributed by atoms with E-state index < -0.39 is 0 Å². The van der Waals surface area contributed by atoms with Gasteiger partial charge in [-0.1, -0.05) is 18.2 Å². The first-order chi connectivity index (χ1) is 10.3. The van der Waals surface area contributed by atoms with Crippen LogP contribution in [-0.2, 0) is 13.1 Å². The molecule has 0 aliphatic rings. The number of hydrogen-bond acceptors (Lipinski definition) is 4. The van der Waals surface area contributed by atoms with E-state index in [2.05, 4.69) is 15.3 Å². The van der Waals surface area contributed by atoms with Crippen LogP contribution in [0.1, 0.15) is 5.56 Å². The van der Waals surface area contributed by atoms with Crippen LogP contribution in [0.25, 0.3) is 10.9 Å². The Morgan fingerprint density at radius 1 is 1.14 bits per heavy atom. The lowest BCUT2D eigenvalue weighted by Gasteiger charge is -2.08. The van der Waals surface area contributed by atoms with Crippen LogP contribution in [0.2, 0.25) is 0 Å². The zero-order valence-electron chi connectivity index (χ0n) is 11.6. The lowest BCUT2D eigenvalue weighted by Crippen LogP contribution is -2.27. The average Bonchev–Trinajstić information content (AvgIpc) is 2.55. The number of benzene rings is 1. The van der Waals surface area contributed by atoms with Crippen LogP contribution >= 0.6 is 0 Å². The van der Waals surface area contributed by atoms with Gasteiger partial charge in [0.25, 0.3) is 5.56 Å². The van der Waals surface area contributed by atoms with E-state index in [1.807, 2.05) is 42.6 Å². The number of aromatic nitrogens is 3. The van der Waals surface area contributed by atoms with Gasteiger partial charge in [-0.15, -0.1) is 0 Å². The van der Waals surface area contributed by atoms with Crippen molar-refractivity contribution in [3.63, 3.8) is 0 Å². The minimum Gasteiger partial charge on any atom is -0.311 e. The third-order valence-electron chi connectivity index (χ3n) is 3.31. The monoisotopic (exact) mass is 280 g/mol. The number of nitrogens with zero attached hydrogens (tertiary/aromatic N) is 3. The minimum atomic E-state index is 0.00350. The Kier molecular flexibility index (Phi) is 4.02. The summed E-state index contributed by atoms with van der Waals surface area (Å²) in [6.07, 6.45) is 5.19. The van der Waals surface area contributed by atoms with Crippen LogP contribution in [0.5, 0.6) is 0 Å². The second-order valence-corrected chi connectivity index (χ2v) is 4.80. The van der Waals surface area contributed by atoms with Crippen LogP contribution < -0.4 is 10.9 Å². The van der Waals surface area contributed by atoms with Crippen molar-refractivity contribution >= 4 is 10.9 Å². The van der Waals surface area contributed by atoms with Crippen LogP contribution in [0.4, 0.5) is 0 Å². The van der Waals surface area contributed by atoms with Crippen LogP contribution in [0.3, 0.4) is 0 Å². The average molecular weight is 280 g/mol. The molecule has 5 nitrogen and oxygen atoms in total. The SMILES string of the molecule is O=c1c2ccccc2ncn1CCNCc1cccnc1. The van der Waals surface area contributed by atoms with E-state index in [1.54, 1.807) is 17.1 Å². The number of pyridine rings is 1. The number of fused-ring (bicyclic) bond motifs is 1.